The smallest absolute Gasteiger partial charge is 0.269 e. The van der Waals surface area contributed by atoms with Gasteiger partial charge in [-0.15, -0.1) is 23.1 Å². The van der Waals surface area contributed by atoms with Crippen LogP contribution in [0.1, 0.15) is 17.0 Å². The van der Waals surface area contributed by atoms with Crippen LogP contribution in [0.25, 0.3) is 10.8 Å². The zero-order valence-corrected chi connectivity index (χ0v) is 12.9. The van der Waals surface area contributed by atoms with Gasteiger partial charge in [-0.25, -0.2) is 0 Å². The van der Waals surface area contributed by atoms with E-state index in [1.54, 1.807) is 17.8 Å². The van der Waals surface area contributed by atoms with E-state index in [0.29, 0.717) is 23.0 Å². The monoisotopic (exact) mass is 313 g/mol. The number of nitriles is 1. The standard InChI is InChI=1S/C15H11N3OS2/c1-10-2-4-12(5-3-10)21-9-13-17-15(19-18-13)14-11(8-16)6-7-20-14/h2-7H,9H2,1H3. The molecule has 0 unspecified atom stereocenters. The van der Waals surface area contributed by atoms with Gasteiger partial charge in [0.05, 0.1) is 11.3 Å². The molecular formula is C15H11N3OS2. The highest BCUT2D eigenvalue weighted by Gasteiger charge is 2.14. The van der Waals surface area contributed by atoms with E-state index >= 15 is 0 Å². The van der Waals surface area contributed by atoms with Crippen LogP contribution < -0.4 is 0 Å². The molecule has 4 nitrogen and oxygen atoms in total. The lowest BCUT2D eigenvalue weighted by Crippen LogP contribution is -1.84. The molecule has 21 heavy (non-hydrogen) atoms. The molecule has 0 aliphatic rings. The highest BCUT2D eigenvalue weighted by atomic mass is 32.2. The third kappa shape index (κ3) is 3.15. The van der Waals surface area contributed by atoms with E-state index in [0.717, 1.165) is 4.88 Å². The first-order valence-electron chi connectivity index (χ1n) is 6.26. The summed E-state index contributed by atoms with van der Waals surface area (Å²) in [5.74, 6) is 1.69. The topological polar surface area (TPSA) is 62.7 Å². The molecule has 0 radical (unpaired) electrons. The minimum absolute atomic E-state index is 0.418. The fourth-order valence-electron chi connectivity index (χ4n) is 1.75. The van der Waals surface area contributed by atoms with Crippen molar-refractivity contribution in [2.24, 2.45) is 0 Å². The zero-order valence-electron chi connectivity index (χ0n) is 11.2. The van der Waals surface area contributed by atoms with Crippen molar-refractivity contribution in [2.75, 3.05) is 0 Å². The Kier molecular flexibility index (Phi) is 4.04. The third-order valence-electron chi connectivity index (χ3n) is 2.84. The van der Waals surface area contributed by atoms with E-state index in [1.807, 2.05) is 5.38 Å². The molecule has 0 saturated heterocycles. The molecule has 2 aromatic heterocycles. The van der Waals surface area contributed by atoms with E-state index in [9.17, 15) is 0 Å². The van der Waals surface area contributed by atoms with E-state index in [4.69, 9.17) is 9.78 Å². The number of aromatic nitrogens is 2. The van der Waals surface area contributed by atoms with E-state index in [1.165, 1.54) is 21.8 Å². The van der Waals surface area contributed by atoms with Gasteiger partial charge in [-0.05, 0) is 30.5 Å². The largest absolute Gasteiger partial charge is 0.333 e. The summed E-state index contributed by atoms with van der Waals surface area (Å²) in [5, 5.41) is 14.8. The summed E-state index contributed by atoms with van der Waals surface area (Å²) in [6, 6.07) is 12.2. The van der Waals surface area contributed by atoms with Crippen molar-refractivity contribution < 1.29 is 4.52 Å². The molecule has 3 rings (SSSR count). The molecule has 1 aromatic carbocycles. The van der Waals surface area contributed by atoms with Crippen LogP contribution in [-0.2, 0) is 5.75 Å². The second-order valence-electron chi connectivity index (χ2n) is 4.39. The van der Waals surface area contributed by atoms with Gasteiger partial charge >= 0.3 is 0 Å². The summed E-state index contributed by atoms with van der Waals surface area (Å²) < 4.78 is 5.24. The number of nitrogens with zero attached hydrogens (tertiary/aromatic N) is 3. The molecule has 0 amide bonds. The average molecular weight is 313 g/mol. The quantitative estimate of drug-likeness (QED) is 0.673. The van der Waals surface area contributed by atoms with Crippen molar-refractivity contribution in [2.45, 2.75) is 17.6 Å². The van der Waals surface area contributed by atoms with E-state index < -0.39 is 0 Å². The molecule has 0 fully saturated rings. The number of thioether (sulfide) groups is 1. The molecule has 2 heterocycles. The Hall–Kier alpha value is -2.10. The van der Waals surface area contributed by atoms with Gasteiger partial charge in [0.25, 0.3) is 5.89 Å². The van der Waals surface area contributed by atoms with Crippen LogP contribution in [0.15, 0.2) is 45.1 Å². The maximum atomic E-state index is 9.01. The summed E-state index contributed by atoms with van der Waals surface area (Å²) in [6.45, 7) is 2.06. The first-order valence-corrected chi connectivity index (χ1v) is 8.13. The fraction of sp³-hybridized carbons (Fsp3) is 0.133. The van der Waals surface area contributed by atoms with Gasteiger partial charge < -0.3 is 4.52 Å². The third-order valence-corrected chi connectivity index (χ3v) is 4.75. The van der Waals surface area contributed by atoms with Crippen LogP contribution >= 0.6 is 23.1 Å². The van der Waals surface area contributed by atoms with Crippen LogP contribution in [-0.4, -0.2) is 10.1 Å². The fourth-order valence-corrected chi connectivity index (χ4v) is 3.26. The van der Waals surface area contributed by atoms with Crippen molar-refractivity contribution in [1.29, 1.82) is 5.26 Å². The molecule has 0 atom stereocenters. The SMILES string of the molecule is Cc1ccc(SCc2noc(-c3sccc3C#N)n2)cc1. The summed E-state index contributed by atoms with van der Waals surface area (Å²) in [4.78, 5) is 6.25. The molecule has 0 spiro atoms. The Labute approximate surface area is 130 Å². The summed E-state index contributed by atoms with van der Waals surface area (Å²) >= 11 is 3.09. The minimum Gasteiger partial charge on any atom is -0.333 e. The van der Waals surface area contributed by atoms with Crippen molar-refractivity contribution in [1.82, 2.24) is 10.1 Å². The van der Waals surface area contributed by atoms with Crippen LogP contribution in [0.3, 0.4) is 0 Å². The summed E-state index contributed by atoms with van der Waals surface area (Å²) in [6.07, 6.45) is 0. The predicted octanol–water partition coefficient (Wildman–Crippen LogP) is 4.27. The maximum Gasteiger partial charge on any atom is 0.269 e. The summed E-state index contributed by atoms with van der Waals surface area (Å²) in [7, 11) is 0. The lowest BCUT2D eigenvalue weighted by molar-refractivity contribution is 0.426. The first kappa shape index (κ1) is 13.9. The van der Waals surface area contributed by atoms with Gasteiger partial charge in [0.2, 0.25) is 0 Å². The predicted molar refractivity (Wildman–Crippen MR) is 83.1 cm³/mol. The molecule has 3 aromatic rings. The van der Waals surface area contributed by atoms with E-state index in [2.05, 4.69) is 47.4 Å². The Bertz CT molecular complexity index is 784. The van der Waals surface area contributed by atoms with Crippen LogP contribution in [0.4, 0.5) is 0 Å². The molecule has 0 saturated carbocycles. The minimum atomic E-state index is 0.418. The highest BCUT2D eigenvalue weighted by Crippen LogP contribution is 2.29. The maximum absolute atomic E-state index is 9.01. The van der Waals surface area contributed by atoms with Crippen LogP contribution in [0.5, 0.6) is 0 Å². The van der Waals surface area contributed by atoms with Gasteiger partial charge in [-0.3, -0.25) is 0 Å². The number of aryl methyl sites for hydroxylation is 1. The zero-order chi connectivity index (χ0) is 14.7. The average Bonchev–Trinajstić information content (AvgIpc) is 3.15. The summed E-state index contributed by atoms with van der Waals surface area (Å²) in [5.41, 5.74) is 1.81. The van der Waals surface area contributed by atoms with Crippen LogP contribution in [0.2, 0.25) is 0 Å². The lowest BCUT2D eigenvalue weighted by atomic mass is 10.2. The molecule has 0 aliphatic heterocycles. The van der Waals surface area contributed by atoms with Crippen molar-refractivity contribution >= 4 is 23.1 Å². The van der Waals surface area contributed by atoms with Gasteiger partial charge in [0.1, 0.15) is 10.9 Å². The molecular weight excluding hydrogens is 302 g/mol. The molecule has 6 heteroatoms. The molecule has 104 valence electrons. The van der Waals surface area contributed by atoms with Crippen molar-refractivity contribution in [3.8, 4) is 16.8 Å². The number of rotatable bonds is 4. The Balaban J connectivity index is 1.71. The first-order chi connectivity index (χ1) is 10.3. The lowest BCUT2D eigenvalue weighted by Gasteiger charge is -1.98. The number of thiophene rings is 1. The van der Waals surface area contributed by atoms with Gasteiger partial charge in [-0.2, -0.15) is 10.2 Å². The number of benzene rings is 1. The Morgan fingerprint density at radius 3 is 2.86 bits per heavy atom. The second kappa shape index (κ2) is 6.12. The van der Waals surface area contributed by atoms with Crippen LogP contribution in [0, 0.1) is 18.3 Å². The molecule has 0 N–H and O–H groups in total. The van der Waals surface area contributed by atoms with Gasteiger partial charge in [-0.1, -0.05) is 22.9 Å². The Morgan fingerprint density at radius 1 is 1.29 bits per heavy atom. The van der Waals surface area contributed by atoms with Crippen molar-refractivity contribution in [3.63, 3.8) is 0 Å². The van der Waals surface area contributed by atoms with E-state index in [-0.39, 0.29) is 0 Å². The molecule has 0 aliphatic carbocycles. The normalized spacial score (nSPS) is 10.5. The van der Waals surface area contributed by atoms with Gasteiger partial charge in [0, 0.05) is 4.90 Å². The second-order valence-corrected chi connectivity index (χ2v) is 6.36. The number of hydrogen-bond donors (Lipinski definition) is 0. The number of hydrogen-bond acceptors (Lipinski definition) is 6. The van der Waals surface area contributed by atoms with Crippen molar-refractivity contribution in [3.05, 3.63) is 52.7 Å². The Morgan fingerprint density at radius 2 is 2.10 bits per heavy atom. The highest BCUT2D eigenvalue weighted by molar-refractivity contribution is 7.98. The molecule has 0 bridgehead atoms. The van der Waals surface area contributed by atoms with Gasteiger partial charge in [0.15, 0.2) is 5.82 Å².